The lowest BCUT2D eigenvalue weighted by atomic mass is 9.97. The number of ether oxygens (including phenoxy) is 2. The maximum Gasteiger partial charge on any atom is 0.416 e. The van der Waals surface area contributed by atoms with Crippen LogP contribution in [0.2, 0.25) is 0 Å². The summed E-state index contributed by atoms with van der Waals surface area (Å²) in [6, 6.07) is 3.23. The number of aliphatic hydroxyl groups excluding tert-OH is 1. The molecule has 2 N–H and O–H groups in total. The molecule has 1 aromatic rings. The predicted octanol–water partition coefficient (Wildman–Crippen LogP) is 3.05. The highest BCUT2D eigenvalue weighted by Gasteiger charge is 2.49. The Morgan fingerprint density at radius 2 is 1.73 bits per heavy atom. The third-order valence-electron chi connectivity index (χ3n) is 5.93. The van der Waals surface area contributed by atoms with Crippen LogP contribution in [0.25, 0.3) is 0 Å². The molecule has 0 aliphatic carbocycles. The molecule has 2 amide bonds. The van der Waals surface area contributed by atoms with E-state index in [2.05, 4.69) is 5.32 Å². The van der Waals surface area contributed by atoms with Gasteiger partial charge in [0.1, 0.15) is 17.4 Å². The maximum absolute atomic E-state index is 13.2. The van der Waals surface area contributed by atoms with Crippen molar-refractivity contribution in [3.8, 4) is 5.75 Å². The lowest BCUT2D eigenvalue weighted by Gasteiger charge is -2.32. The molecule has 0 saturated carbocycles. The number of alkyl halides is 3. The first-order chi connectivity index (χ1) is 16.9. The van der Waals surface area contributed by atoms with Crippen LogP contribution in [0.15, 0.2) is 24.3 Å². The van der Waals surface area contributed by atoms with Crippen molar-refractivity contribution < 1.29 is 45.8 Å². The van der Waals surface area contributed by atoms with E-state index >= 15 is 0 Å². The van der Waals surface area contributed by atoms with Crippen molar-refractivity contribution in [3.05, 3.63) is 29.8 Å². The van der Waals surface area contributed by atoms with Crippen molar-refractivity contribution in [3.63, 3.8) is 0 Å². The number of sulfone groups is 1. The summed E-state index contributed by atoms with van der Waals surface area (Å²) in [6.07, 6.45) is -9.14. The summed E-state index contributed by atoms with van der Waals surface area (Å²) in [4.78, 5) is 26.9. The number of nitrogens with one attached hydrogen (secondary N) is 1. The van der Waals surface area contributed by atoms with E-state index in [1.54, 1.807) is 45.0 Å². The van der Waals surface area contributed by atoms with Crippen molar-refractivity contribution in [2.24, 2.45) is 5.92 Å². The molecule has 1 aliphatic rings. The minimum absolute atomic E-state index is 0.337. The normalized spacial score (nSPS) is 20.5. The van der Waals surface area contributed by atoms with Crippen LogP contribution in [0.5, 0.6) is 5.75 Å². The van der Waals surface area contributed by atoms with Crippen LogP contribution in [0.3, 0.4) is 0 Å². The quantitative estimate of drug-likeness (QED) is 0.508. The Balaban J connectivity index is 2.32. The van der Waals surface area contributed by atoms with E-state index in [0.29, 0.717) is 11.3 Å². The van der Waals surface area contributed by atoms with Crippen LogP contribution < -0.4 is 10.1 Å². The van der Waals surface area contributed by atoms with Gasteiger partial charge in [0.25, 0.3) is 0 Å². The average Bonchev–Trinajstić information content (AvgIpc) is 3.22. The van der Waals surface area contributed by atoms with Gasteiger partial charge in [-0.15, -0.1) is 0 Å². The molecule has 37 heavy (non-hydrogen) atoms. The van der Waals surface area contributed by atoms with Crippen LogP contribution in [0, 0.1) is 5.92 Å². The van der Waals surface area contributed by atoms with Gasteiger partial charge < -0.3 is 19.9 Å². The van der Waals surface area contributed by atoms with Gasteiger partial charge in [-0.25, -0.2) is 13.2 Å². The number of hydrogen-bond donors (Lipinski definition) is 2. The summed E-state index contributed by atoms with van der Waals surface area (Å²) in [5, 5.41) is 10.8. The first-order valence-electron chi connectivity index (χ1n) is 11.7. The van der Waals surface area contributed by atoms with Crippen LogP contribution in [0.1, 0.15) is 46.6 Å². The Bertz CT molecular complexity index is 1050. The molecule has 9 nitrogen and oxygen atoms in total. The highest BCUT2D eigenvalue weighted by Crippen LogP contribution is 2.30. The zero-order valence-electron chi connectivity index (χ0n) is 21.7. The Morgan fingerprint density at radius 3 is 2.19 bits per heavy atom. The van der Waals surface area contributed by atoms with Gasteiger partial charge in [-0.05, 0) is 50.8 Å². The lowest BCUT2D eigenvalue weighted by Crippen LogP contribution is -2.57. The topological polar surface area (TPSA) is 122 Å². The van der Waals surface area contributed by atoms with E-state index in [-0.39, 0.29) is 18.7 Å². The summed E-state index contributed by atoms with van der Waals surface area (Å²) in [6.45, 7) is 7.16. The SMILES string of the molecule is COc1ccc(CS(=O)(=O)[C@@H]2CC(C(=O)N[C@@H](C(C)C)[C@H](O)C(F)(F)F)N(C(=O)OC(C)(C)C)C2)cc1. The molecule has 0 spiro atoms. The highest BCUT2D eigenvalue weighted by atomic mass is 32.2. The molecule has 1 heterocycles. The molecular formula is C24H35F3N2O7S. The molecule has 1 saturated heterocycles. The van der Waals surface area contributed by atoms with E-state index < -0.39 is 63.0 Å². The number of aliphatic hydroxyl groups is 1. The Labute approximate surface area is 215 Å². The molecule has 4 atom stereocenters. The van der Waals surface area contributed by atoms with Crippen molar-refractivity contribution >= 4 is 21.8 Å². The first kappa shape index (κ1) is 30.7. The summed E-state index contributed by atoms with van der Waals surface area (Å²) in [5.41, 5.74) is -0.504. The summed E-state index contributed by atoms with van der Waals surface area (Å²) in [7, 11) is -2.42. The number of carbonyl (C=O) groups is 2. The fourth-order valence-corrected chi connectivity index (χ4v) is 5.73. The average molecular weight is 553 g/mol. The van der Waals surface area contributed by atoms with Gasteiger partial charge in [0, 0.05) is 6.54 Å². The molecule has 1 aromatic carbocycles. The van der Waals surface area contributed by atoms with Crippen molar-refractivity contribution in [2.45, 2.75) is 82.0 Å². The highest BCUT2D eigenvalue weighted by molar-refractivity contribution is 7.91. The minimum atomic E-state index is -4.99. The Kier molecular flexibility index (Phi) is 9.50. The summed E-state index contributed by atoms with van der Waals surface area (Å²) >= 11 is 0. The van der Waals surface area contributed by atoms with E-state index in [1.807, 2.05) is 0 Å². The molecule has 0 aromatic heterocycles. The Hall–Kier alpha value is -2.54. The number of hydrogen-bond acceptors (Lipinski definition) is 7. The predicted molar refractivity (Wildman–Crippen MR) is 130 cm³/mol. The smallest absolute Gasteiger partial charge is 0.416 e. The van der Waals surface area contributed by atoms with Crippen molar-refractivity contribution in [2.75, 3.05) is 13.7 Å². The number of nitrogens with zero attached hydrogens (tertiary/aromatic N) is 1. The first-order valence-corrected chi connectivity index (χ1v) is 13.5. The second kappa shape index (κ2) is 11.5. The van der Waals surface area contributed by atoms with E-state index in [1.165, 1.54) is 21.0 Å². The monoisotopic (exact) mass is 552 g/mol. The van der Waals surface area contributed by atoms with Crippen molar-refractivity contribution in [1.82, 2.24) is 10.2 Å². The number of methoxy groups -OCH3 is 1. The number of halogens is 3. The molecule has 210 valence electrons. The fraction of sp³-hybridized carbons (Fsp3) is 0.667. The summed E-state index contributed by atoms with van der Waals surface area (Å²) < 4.78 is 76.4. The standard InChI is InChI=1S/C24H35F3N2O7S/c1-14(2)19(20(30)24(25,26)27)28-21(31)18-11-17(12-29(18)22(32)36-23(3,4)5)37(33,34)13-15-7-9-16(35-6)10-8-15/h7-10,14,17-20,30H,11-13H2,1-6H3,(H,28,31)/t17-,18?,19+,20+/m1/s1. The molecule has 1 aliphatic heterocycles. The third-order valence-corrected chi connectivity index (χ3v) is 8.02. The second-order valence-electron chi connectivity index (χ2n) is 10.4. The number of rotatable bonds is 8. The zero-order chi connectivity index (χ0) is 28.3. The minimum Gasteiger partial charge on any atom is -0.497 e. The molecule has 0 bridgehead atoms. The molecule has 1 fully saturated rings. The van der Waals surface area contributed by atoms with E-state index in [9.17, 15) is 36.3 Å². The second-order valence-corrected chi connectivity index (χ2v) is 12.7. The molecule has 1 unspecified atom stereocenters. The van der Waals surface area contributed by atoms with Gasteiger partial charge in [-0.2, -0.15) is 13.2 Å². The molecule has 0 radical (unpaired) electrons. The number of benzene rings is 1. The Morgan fingerprint density at radius 1 is 1.16 bits per heavy atom. The van der Waals surface area contributed by atoms with Gasteiger partial charge in [0.05, 0.1) is 24.2 Å². The molecule has 13 heteroatoms. The third kappa shape index (κ3) is 8.22. The zero-order valence-corrected chi connectivity index (χ0v) is 22.5. The summed E-state index contributed by atoms with van der Waals surface area (Å²) in [5.74, 6) is -1.66. The van der Waals surface area contributed by atoms with Gasteiger partial charge in [-0.1, -0.05) is 26.0 Å². The van der Waals surface area contributed by atoms with Gasteiger partial charge in [-0.3, -0.25) is 9.69 Å². The van der Waals surface area contributed by atoms with Gasteiger partial charge in [0.2, 0.25) is 5.91 Å². The van der Waals surface area contributed by atoms with E-state index in [4.69, 9.17) is 9.47 Å². The van der Waals surface area contributed by atoms with Crippen LogP contribution in [0.4, 0.5) is 18.0 Å². The molecule has 2 rings (SSSR count). The lowest BCUT2D eigenvalue weighted by molar-refractivity contribution is -0.215. The molecular weight excluding hydrogens is 517 g/mol. The van der Waals surface area contributed by atoms with E-state index in [0.717, 1.165) is 4.90 Å². The number of amides is 2. The van der Waals surface area contributed by atoms with Crippen LogP contribution in [-0.2, 0) is 25.1 Å². The van der Waals surface area contributed by atoms with Crippen LogP contribution >= 0.6 is 0 Å². The fourth-order valence-electron chi connectivity index (χ4n) is 3.97. The van der Waals surface area contributed by atoms with Crippen molar-refractivity contribution in [1.29, 1.82) is 0 Å². The van der Waals surface area contributed by atoms with Gasteiger partial charge in [0.15, 0.2) is 15.9 Å². The van der Waals surface area contributed by atoms with Gasteiger partial charge >= 0.3 is 12.3 Å². The number of likely N-dealkylation sites (tertiary alicyclic amines) is 1. The number of carbonyl (C=O) groups excluding carboxylic acids is 2. The van der Waals surface area contributed by atoms with Crippen LogP contribution in [-0.4, -0.2) is 79.3 Å². The maximum atomic E-state index is 13.2. The largest absolute Gasteiger partial charge is 0.497 e.